The van der Waals surface area contributed by atoms with Crippen molar-refractivity contribution in [3.05, 3.63) is 53.6 Å². The van der Waals surface area contributed by atoms with Crippen molar-refractivity contribution < 1.29 is 0 Å². The largest absolute Gasteiger partial charge is 0.366 e. The zero-order valence-electron chi connectivity index (χ0n) is 14.8. The zero-order valence-corrected chi connectivity index (χ0v) is 14.8. The molecule has 2 rings (SSSR count). The van der Waals surface area contributed by atoms with Crippen LogP contribution in [-0.4, -0.2) is 24.8 Å². The molecule has 0 amide bonds. The van der Waals surface area contributed by atoms with Crippen LogP contribution in [-0.2, 0) is 6.42 Å². The standard InChI is InChI=1S/C21H28N2/c1-5-7-8-18-9-11-19(12-10-18)20-13-14-21(17(3)15-20)22-16-23(4)6-2/h9-16H,5-8H2,1-4H3. The van der Waals surface area contributed by atoms with Gasteiger partial charge in [-0.3, -0.25) is 0 Å². The molecule has 2 nitrogen and oxygen atoms in total. The smallest absolute Gasteiger partial charge is 0.0909 e. The summed E-state index contributed by atoms with van der Waals surface area (Å²) in [5.74, 6) is 0. The van der Waals surface area contributed by atoms with Gasteiger partial charge in [-0.05, 0) is 61.1 Å². The van der Waals surface area contributed by atoms with Crippen molar-refractivity contribution in [3.8, 4) is 11.1 Å². The Balaban J connectivity index is 2.15. The molecule has 0 unspecified atom stereocenters. The van der Waals surface area contributed by atoms with Gasteiger partial charge >= 0.3 is 0 Å². The SMILES string of the molecule is CCCCc1ccc(-c2ccc(N=CN(C)CC)c(C)c2)cc1. The summed E-state index contributed by atoms with van der Waals surface area (Å²) in [6, 6.07) is 15.5. The van der Waals surface area contributed by atoms with Crippen molar-refractivity contribution in [3.63, 3.8) is 0 Å². The highest BCUT2D eigenvalue weighted by atomic mass is 15.1. The van der Waals surface area contributed by atoms with Crippen LogP contribution in [0.5, 0.6) is 0 Å². The van der Waals surface area contributed by atoms with Crippen LogP contribution in [0, 0.1) is 6.92 Å². The van der Waals surface area contributed by atoms with Crippen LogP contribution in [0.15, 0.2) is 47.5 Å². The lowest BCUT2D eigenvalue weighted by Crippen LogP contribution is -2.14. The van der Waals surface area contributed by atoms with Crippen LogP contribution in [0.1, 0.15) is 37.8 Å². The maximum Gasteiger partial charge on any atom is 0.0909 e. The molecule has 0 aromatic heterocycles. The molecule has 0 atom stereocenters. The molecule has 2 heteroatoms. The second kappa shape index (κ2) is 8.52. The van der Waals surface area contributed by atoms with Gasteiger partial charge in [0.15, 0.2) is 0 Å². The second-order valence-corrected chi connectivity index (χ2v) is 6.12. The maximum atomic E-state index is 4.56. The Bertz CT molecular complexity index is 641. The van der Waals surface area contributed by atoms with Crippen LogP contribution in [0.25, 0.3) is 11.1 Å². The Morgan fingerprint density at radius 1 is 1.00 bits per heavy atom. The first kappa shape index (κ1) is 17.3. The van der Waals surface area contributed by atoms with Crippen molar-refractivity contribution in [1.29, 1.82) is 0 Å². The highest BCUT2D eigenvalue weighted by molar-refractivity contribution is 5.70. The quantitative estimate of drug-likeness (QED) is 0.479. The van der Waals surface area contributed by atoms with Crippen LogP contribution in [0.4, 0.5) is 5.69 Å². The minimum Gasteiger partial charge on any atom is -0.366 e. The number of aryl methyl sites for hydroxylation is 2. The van der Waals surface area contributed by atoms with Gasteiger partial charge in [0.1, 0.15) is 0 Å². The van der Waals surface area contributed by atoms with Gasteiger partial charge in [-0.1, -0.05) is 43.7 Å². The van der Waals surface area contributed by atoms with E-state index in [9.17, 15) is 0 Å². The second-order valence-electron chi connectivity index (χ2n) is 6.12. The molecule has 122 valence electrons. The summed E-state index contributed by atoms with van der Waals surface area (Å²) in [6.07, 6.45) is 5.58. The van der Waals surface area contributed by atoms with Gasteiger partial charge in [0.05, 0.1) is 12.0 Å². The summed E-state index contributed by atoms with van der Waals surface area (Å²) in [6.45, 7) is 7.44. The molecule has 0 N–H and O–H groups in total. The van der Waals surface area contributed by atoms with E-state index in [0.29, 0.717) is 0 Å². The lowest BCUT2D eigenvalue weighted by atomic mass is 10.00. The molecule has 2 aromatic carbocycles. The molecule has 0 saturated carbocycles. The fraction of sp³-hybridized carbons (Fsp3) is 0.381. The molecule has 0 aliphatic heterocycles. The molecule has 0 bridgehead atoms. The van der Waals surface area contributed by atoms with Crippen LogP contribution in [0.2, 0.25) is 0 Å². The molecule has 0 spiro atoms. The highest BCUT2D eigenvalue weighted by Gasteiger charge is 2.02. The van der Waals surface area contributed by atoms with E-state index in [0.717, 1.165) is 12.2 Å². The van der Waals surface area contributed by atoms with E-state index in [1.54, 1.807) is 0 Å². The van der Waals surface area contributed by atoms with Gasteiger partial charge in [-0.2, -0.15) is 0 Å². The van der Waals surface area contributed by atoms with Crippen molar-refractivity contribution in [1.82, 2.24) is 4.90 Å². The number of aliphatic imine (C=N–C) groups is 1. The first-order valence-electron chi connectivity index (χ1n) is 8.58. The van der Waals surface area contributed by atoms with E-state index >= 15 is 0 Å². The maximum absolute atomic E-state index is 4.56. The molecule has 0 aliphatic carbocycles. The van der Waals surface area contributed by atoms with Gasteiger partial charge in [0, 0.05) is 13.6 Å². The molecular formula is C21H28N2. The first-order chi connectivity index (χ1) is 11.1. The molecule has 0 aliphatic rings. The minimum absolute atomic E-state index is 0.963. The Hall–Kier alpha value is -2.09. The highest BCUT2D eigenvalue weighted by Crippen LogP contribution is 2.26. The molecule has 0 radical (unpaired) electrons. The normalized spacial score (nSPS) is 11.1. The van der Waals surface area contributed by atoms with Crippen molar-refractivity contribution in [2.75, 3.05) is 13.6 Å². The number of unbranched alkanes of at least 4 members (excludes halogenated alkanes) is 1. The van der Waals surface area contributed by atoms with E-state index in [1.807, 2.05) is 13.4 Å². The predicted molar refractivity (Wildman–Crippen MR) is 102 cm³/mol. The number of hydrogen-bond acceptors (Lipinski definition) is 1. The Labute approximate surface area is 140 Å². The zero-order chi connectivity index (χ0) is 16.7. The fourth-order valence-electron chi connectivity index (χ4n) is 2.47. The van der Waals surface area contributed by atoms with Gasteiger partial charge in [-0.25, -0.2) is 4.99 Å². The molecule has 2 aromatic rings. The lowest BCUT2D eigenvalue weighted by Gasteiger charge is -2.10. The van der Waals surface area contributed by atoms with E-state index in [-0.39, 0.29) is 0 Å². The minimum atomic E-state index is 0.963. The average molecular weight is 308 g/mol. The van der Waals surface area contributed by atoms with Crippen LogP contribution in [0.3, 0.4) is 0 Å². The molecule has 0 saturated heterocycles. The van der Waals surface area contributed by atoms with E-state index in [2.05, 4.69) is 73.1 Å². The number of hydrogen-bond donors (Lipinski definition) is 0. The third kappa shape index (κ3) is 4.95. The Morgan fingerprint density at radius 2 is 1.70 bits per heavy atom. The molecule has 0 heterocycles. The fourth-order valence-corrected chi connectivity index (χ4v) is 2.47. The summed E-state index contributed by atoms with van der Waals surface area (Å²) in [7, 11) is 2.04. The topological polar surface area (TPSA) is 15.6 Å². The average Bonchev–Trinajstić information content (AvgIpc) is 2.59. The van der Waals surface area contributed by atoms with Crippen molar-refractivity contribution >= 4 is 12.0 Å². The summed E-state index contributed by atoms with van der Waals surface area (Å²) in [4.78, 5) is 6.63. The molecular weight excluding hydrogens is 280 g/mol. The molecule has 0 fully saturated rings. The third-order valence-corrected chi connectivity index (χ3v) is 4.20. The monoisotopic (exact) mass is 308 g/mol. The lowest BCUT2D eigenvalue weighted by molar-refractivity contribution is 0.552. The van der Waals surface area contributed by atoms with Crippen molar-refractivity contribution in [2.45, 2.75) is 40.0 Å². The summed E-state index contributed by atoms with van der Waals surface area (Å²) in [5.41, 5.74) is 6.20. The van der Waals surface area contributed by atoms with Gasteiger partial charge in [-0.15, -0.1) is 0 Å². The van der Waals surface area contributed by atoms with Crippen LogP contribution >= 0.6 is 0 Å². The van der Waals surface area contributed by atoms with Crippen LogP contribution < -0.4 is 0 Å². The summed E-state index contributed by atoms with van der Waals surface area (Å²) < 4.78 is 0. The Kier molecular flexibility index (Phi) is 6.40. The Morgan fingerprint density at radius 3 is 2.30 bits per heavy atom. The van der Waals surface area contributed by atoms with Gasteiger partial charge in [0.25, 0.3) is 0 Å². The van der Waals surface area contributed by atoms with E-state index in [4.69, 9.17) is 0 Å². The van der Waals surface area contributed by atoms with E-state index in [1.165, 1.54) is 41.5 Å². The predicted octanol–water partition coefficient (Wildman–Crippen LogP) is 5.62. The van der Waals surface area contributed by atoms with Gasteiger partial charge in [0.2, 0.25) is 0 Å². The number of benzene rings is 2. The first-order valence-corrected chi connectivity index (χ1v) is 8.58. The van der Waals surface area contributed by atoms with Gasteiger partial charge < -0.3 is 4.90 Å². The molecule has 23 heavy (non-hydrogen) atoms. The summed E-state index contributed by atoms with van der Waals surface area (Å²) in [5, 5.41) is 0. The summed E-state index contributed by atoms with van der Waals surface area (Å²) >= 11 is 0. The number of nitrogens with zero attached hydrogens (tertiary/aromatic N) is 2. The number of rotatable bonds is 7. The van der Waals surface area contributed by atoms with E-state index < -0.39 is 0 Å². The third-order valence-electron chi connectivity index (χ3n) is 4.20. The van der Waals surface area contributed by atoms with Crippen molar-refractivity contribution in [2.24, 2.45) is 4.99 Å².